The number of halogens is 2. The van der Waals surface area contributed by atoms with E-state index in [9.17, 15) is 9.18 Å². The van der Waals surface area contributed by atoms with E-state index in [0.29, 0.717) is 29.4 Å². The van der Waals surface area contributed by atoms with Crippen LogP contribution in [0.3, 0.4) is 0 Å². The highest BCUT2D eigenvalue weighted by molar-refractivity contribution is 5.95. The minimum Gasteiger partial charge on any atom is -0.345 e. The number of carbonyl (C=O) groups excluding carboxylic acids is 1. The molecule has 0 aliphatic carbocycles. The Kier molecular flexibility index (Phi) is 7.14. The number of nitrogens with one attached hydrogen (secondary N) is 1. The van der Waals surface area contributed by atoms with Gasteiger partial charge in [-0.25, -0.2) is 9.07 Å². The van der Waals surface area contributed by atoms with Crippen molar-refractivity contribution in [2.45, 2.75) is 39.7 Å². The maximum Gasteiger partial charge on any atom is 0.255 e. The largest absolute Gasteiger partial charge is 0.345 e. The summed E-state index contributed by atoms with van der Waals surface area (Å²) in [6.45, 7) is 8.32. The van der Waals surface area contributed by atoms with Gasteiger partial charge in [-0.05, 0) is 50.5 Å². The van der Waals surface area contributed by atoms with E-state index < -0.39 is 5.54 Å². The standard InChI is InChI=1S/C18H25FN4O.ClH/c1-12(2)9-18(4,11-20)22-17(24)16-10-21-23(13(16)3)15-7-5-14(19)6-8-15;/h5-8,10,12H,9,11,20H2,1-4H3,(H,22,24);1H. The zero-order chi connectivity index (χ0) is 17.9. The summed E-state index contributed by atoms with van der Waals surface area (Å²) in [4.78, 5) is 12.6. The molecule has 1 aromatic heterocycles. The summed E-state index contributed by atoms with van der Waals surface area (Å²) < 4.78 is 14.7. The minimum atomic E-state index is -0.463. The Morgan fingerprint density at radius 3 is 2.48 bits per heavy atom. The van der Waals surface area contributed by atoms with Crippen LogP contribution in [0.5, 0.6) is 0 Å². The average molecular weight is 369 g/mol. The third kappa shape index (κ3) is 5.03. The number of amides is 1. The summed E-state index contributed by atoms with van der Waals surface area (Å²) in [5.41, 5.74) is 7.29. The zero-order valence-electron chi connectivity index (χ0n) is 15.0. The molecule has 0 aliphatic heterocycles. The maximum atomic E-state index is 13.1. The Hall–Kier alpha value is -1.92. The van der Waals surface area contributed by atoms with Crippen molar-refractivity contribution in [3.05, 3.63) is 47.5 Å². The number of aromatic nitrogens is 2. The number of nitrogens with two attached hydrogens (primary N) is 1. The first-order valence-corrected chi connectivity index (χ1v) is 8.09. The molecule has 0 radical (unpaired) electrons. The Morgan fingerprint density at radius 1 is 1.36 bits per heavy atom. The van der Waals surface area contributed by atoms with Gasteiger partial charge in [0.25, 0.3) is 5.91 Å². The molecule has 0 saturated heterocycles. The van der Waals surface area contributed by atoms with Crippen molar-refractivity contribution in [2.24, 2.45) is 11.7 Å². The van der Waals surface area contributed by atoms with E-state index in [1.54, 1.807) is 16.8 Å². The fourth-order valence-electron chi connectivity index (χ4n) is 2.90. The molecule has 0 bridgehead atoms. The Labute approximate surface area is 154 Å². The molecule has 1 amide bonds. The summed E-state index contributed by atoms with van der Waals surface area (Å²) in [7, 11) is 0. The average Bonchev–Trinajstić information content (AvgIpc) is 2.89. The lowest BCUT2D eigenvalue weighted by atomic mass is 9.90. The van der Waals surface area contributed by atoms with E-state index in [2.05, 4.69) is 24.3 Å². The molecule has 138 valence electrons. The summed E-state index contributed by atoms with van der Waals surface area (Å²) >= 11 is 0. The smallest absolute Gasteiger partial charge is 0.255 e. The van der Waals surface area contributed by atoms with Crippen molar-refractivity contribution in [1.82, 2.24) is 15.1 Å². The predicted molar refractivity (Wildman–Crippen MR) is 99.9 cm³/mol. The topological polar surface area (TPSA) is 72.9 Å². The molecule has 1 aromatic carbocycles. The lowest BCUT2D eigenvalue weighted by Gasteiger charge is -2.31. The van der Waals surface area contributed by atoms with Crippen molar-refractivity contribution in [3.8, 4) is 5.69 Å². The van der Waals surface area contributed by atoms with Gasteiger partial charge in [0.2, 0.25) is 0 Å². The van der Waals surface area contributed by atoms with E-state index in [0.717, 1.165) is 6.42 Å². The first-order valence-electron chi connectivity index (χ1n) is 8.09. The molecule has 5 nitrogen and oxygen atoms in total. The third-order valence-corrected chi connectivity index (χ3v) is 4.05. The van der Waals surface area contributed by atoms with Crippen LogP contribution >= 0.6 is 12.4 Å². The summed E-state index contributed by atoms with van der Waals surface area (Å²) in [5.74, 6) is -0.0923. The van der Waals surface area contributed by atoms with E-state index >= 15 is 0 Å². The molecule has 0 saturated carbocycles. The second kappa shape index (κ2) is 8.45. The van der Waals surface area contributed by atoms with Crippen LogP contribution in [0.15, 0.2) is 30.5 Å². The van der Waals surface area contributed by atoms with Crippen LogP contribution in [0, 0.1) is 18.7 Å². The number of rotatable bonds is 6. The van der Waals surface area contributed by atoms with E-state index in [1.165, 1.54) is 18.3 Å². The molecule has 1 heterocycles. The molecule has 0 aliphatic rings. The van der Waals surface area contributed by atoms with Gasteiger partial charge >= 0.3 is 0 Å². The van der Waals surface area contributed by atoms with E-state index in [4.69, 9.17) is 5.73 Å². The summed E-state index contributed by atoms with van der Waals surface area (Å²) in [6.07, 6.45) is 2.32. The number of nitrogens with zero attached hydrogens (tertiary/aromatic N) is 2. The number of hydrogen-bond donors (Lipinski definition) is 2. The van der Waals surface area contributed by atoms with Crippen LogP contribution in [0.4, 0.5) is 4.39 Å². The lowest BCUT2D eigenvalue weighted by Crippen LogP contribution is -2.52. The van der Waals surface area contributed by atoms with Crippen LogP contribution in [0.1, 0.15) is 43.2 Å². The van der Waals surface area contributed by atoms with Crippen molar-refractivity contribution in [2.75, 3.05) is 6.54 Å². The Morgan fingerprint density at radius 2 is 1.96 bits per heavy atom. The van der Waals surface area contributed by atoms with Gasteiger partial charge in [-0.3, -0.25) is 4.79 Å². The van der Waals surface area contributed by atoms with Gasteiger partial charge in [0.1, 0.15) is 5.82 Å². The summed E-state index contributed by atoms with van der Waals surface area (Å²) in [5, 5.41) is 7.28. The number of hydrogen-bond acceptors (Lipinski definition) is 3. The molecule has 2 aromatic rings. The zero-order valence-corrected chi connectivity index (χ0v) is 15.9. The van der Waals surface area contributed by atoms with Crippen LogP contribution in [-0.2, 0) is 0 Å². The van der Waals surface area contributed by atoms with Crippen molar-refractivity contribution in [1.29, 1.82) is 0 Å². The minimum absolute atomic E-state index is 0. The quantitative estimate of drug-likeness (QED) is 0.822. The fraction of sp³-hybridized carbons (Fsp3) is 0.444. The molecule has 7 heteroatoms. The molecular weight excluding hydrogens is 343 g/mol. The maximum absolute atomic E-state index is 13.1. The highest BCUT2D eigenvalue weighted by Crippen LogP contribution is 2.19. The van der Waals surface area contributed by atoms with E-state index in [1.807, 2.05) is 13.8 Å². The van der Waals surface area contributed by atoms with Gasteiger partial charge in [-0.15, -0.1) is 12.4 Å². The highest BCUT2D eigenvalue weighted by atomic mass is 35.5. The molecule has 0 spiro atoms. The third-order valence-electron chi connectivity index (χ3n) is 4.05. The van der Waals surface area contributed by atoms with Crippen LogP contribution in [0.2, 0.25) is 0 Å². The number of carbonyl (C=O) groups is 1. The van der Waals surface area contributed by atoms with Crippen molar-refractivity contribution < 1.29 is 9.18 Å². The number of benzene rings is 1. The van der Waals surface area contributed by atoms with Crippen LogP contribution in [0.25, 0.3) is 5.69 Å². The lowest BCUT2D eigenvalue weighted by molar-refractivity contribution is 0.0897. The molecule has 1 unspecified atom stereocenters. The predicted octanol–water partition coefficient (Wildman–Crippen LogP) is 3.23. The molecule has 0 fully saturated rings. The van der Waals surface area contributed by atoms with Gasteiger partial charge in [0.05, 0.1) is 23.1 Å². The molecular formula is C18H26ClFN4O. The van der Waals surface area contributed by atoms with Gasteiger partial charge in [0.15, 0.2) is 0 Å². The molecule has 2 rings (SSSR count). The van der Waals surface area contributed by atoms with Crippen molar-refractivity contribution >= 4 is 18.3 Å². The normalized spacial score (nSPS) is 13.2. The SMILES string of the molecule is Cc1c(C(=O)NC(C)(CN)CC(C)C)cnn1-c1ccc(F)cc1.Cl. The van der Waals surface area contributed by atoms with Crippen LogP contribution < -0.4 is 11.1 Å². The molecule has 1 atom stereocenters. The van der Waals surface area contributed by atoms with Gasteiger partial charge in [0, 0.05) is 12.1 Å². The van der Waals surface area contributed by atoms with Crippen molar-refractivity contribution in [3.63, 3.8) is 0 Å². The van der Waals surface area contributed by atoms with E-state index in [-0.39, 0.29) is 24.1 Å². The molecule has 25 heavy (non-hydrogen) atoms. The summed E-state index contributed by atoms with van der Waals surface area (Å²) in [6, 6.07) is 5.98. The second-order valence-corrected chi connectivity index (χ2v) is 6.85. The first-order chi connectivity index (χ1) is 11.3. The fourth-order valence-corrected chi connectivity index (χ4v) is 2.90. The van der Waals surface area contributed by atoms with Gasteiger partial charge in [-0.1, -0.05) is 13.8 Å². The highest BCUT2D eigenvalue weighted by Gasteiger charge is 2.27. The Bertz CT molecular complexity index is 714. The monoisotopic (exact) mass is 368 g/mol. The van der Waals surface area contributed by atoms with Gasteiger partial charge < -0.3 is 11.1 Å². The first kappa shape index (κ1) is 21.1. The molecule has 3 N–H and O–H groups in total. The Balaban J connectivity index is 0.00000312. The van der Waals surface area contributed by atoms with Crippen LogP contribution in [-0.4, -0.2) is 27.8 Å². The second-order valence-electron chi connectivity index (χ2n) is 6.85. The van der Waals surface area contributed by atoms with Gasteiger partial charge in [-0.2, -0.15) is 5.10 Å².